The lowest BCUT2D eigenvalue weighted by Crippen LogP contribution is -2.24. The Morgan fingerprint density at radius 3 is 3.06 bits per heavy atom. The van der Waals surface area contributed by atoms with E-state index in [1.54, 1.807) is 0 Å². The summed E-state index contributed by atoms with van der Waals surface area (Å²) in [6.45, 7) is 3.43. The average molecular weight is 424 g/mol. The molecule has 0 radical (unpaired) electrons. The molecule has 0 bridgehead atoms. The molecule has 2 aliphatic heterocycles. The van der Waals surface area contributed by atoms with E-state index in [1.807, 2.05) is 18.2 Å². The zero-order valence-corrected chi connectivity index (χ0v) is 18.2. The van der Waals surface area contributed by atoms with Gasteiger partial charge >= 0.3 is 0 Å². The maximum Gasteiger partial charge on any atom is 0.129 e. The summed E-state index contributed by atoms with van der Waals surface area (Å²) in [4.78, 5) is 7.03. The first-order valence-corrected chi connectivity index (χ1v) is 11.6. The van der Waals surface area contributed by atoms with Gasteiger partial charge in [-0.1, -0.05) is 30.7 Å². The standard InChI is InChI=1S/C25H34FN5/c26-23(9-2-1-8-22-11-10-18-7-4-13-29-25(18)30-22)20-12-14-31(16-20)17-21-6-3-5-19(15-27)24(21)28/h3,5-6,10-11,15,20,23,27H,1-2,4,7-9,12-14,16-17,28H2,(H,29,30). The number of para-hydroxylation sites is 1. The first-order valence-electron chi connectivity index (χ1n) is 11.6. The fourth-order valence-corrected chi connectivity index (χ4v) is 4.83. The molecule has 1 aromatic heterocycles. The lowest BCUT2D eigenvalue weighted by molar-refractivity contribution is 0.203. The highest BCUT2D eigenvalue weighted by atomic mass is 19.1. The average Bonchev–Trinajstić information content (AvgIpc) is 3.26. The smallest absolute Gasteiger partial charge is 0.129 e. The molecule has 1 saturated heterocycles. The van der Waals surface area contributed by atoms with Gasteiger partial charge in [0.05, 0.1) is 0 Å². The minimum atomic E-state index is -0.742. The molecule has 6 heteroatoms. The Morgan fingerprint density at radius 1 is 1.29 bits per heavy atom. The van der Waals surface area contributed by atoms with Crippen LogP contribution in [0.15, 0.2) is 30.3 Å². The van der Waals surface area contributed by atoms with Gasteiger partial charge in [0.1, 0.15) is 12.0 Å². The van der Waals surface area contributed by atoms with Crippen molar-refractivity contribution >= 4 is 17.7 Å². The summed E-state index contributed by atoms with van der Waals surface area (Å²) < 4.78 is 14.9. The third-order valence-electron chi connectivity index (χ3n) is 6.71. The highest BCUT2D eigenvalue weighted by molar-refractivity contribution is 5.85. The molecule has 2 aromatic rings. The van der Waals surface area contributed by atoms with E-state index in [9.17, 15) is 4.39 Å². The summed E-state index contributed by atoms with van der Waals surface area (Å²) in [5.74, 6) is 1.16. The zero-order valence-electron chi connectivity index (χ0n) is 18.2. The van der Waals surface area contributed by atoms with Gasteiger partial charge in [0.15, 0.2) is 0 Å². The molecule has 0 aliphatic carbocycles. The quantitative estimate of drug-likeness (QED) is 0.313. The number of nitrogen functional groups attached to an aromatic ring is 1. The van der Waals surface area contributed by atoms with E-state index in [1.165, 1.54) is 18.2 Å². The molecule has 0 spiro atoms. The van der Waals surface area contributed by atoms with Crippen molar-refractivity contribution in [2.75, 3.05) is 30.7 Å². The predicted molar refractivity (Wildman–Crippen MR) is 126 cm³/mol. The molecule has 4 N–H and O–H groups in total. The van der Waals surface area contributed by atoms with E-state index >= 15 is 0 Å². The molecule has 3 heterocycles. The van der Waals surface area contributed by atoms with Gasteiger partial charge in [-0.2, -0.15) is 0 Å². The van der Waals surface area contributed by atoms with Crippen molar-refractivity contribution in [1.29, 1.82) is 5.41 Å². The van der Waals surface area contributed by atoms with Crippen LogP contribution in [0.3, 0.4) is 0 Å². The summed E-state index contributed by atoms with van der Waals surface area (Å²) >= 11 is 0. The summed E-state index contributed by atoms with van der Waals surface area (Å²) in [5.41, 5.74) is 11.1. The number of halogens is 1. The van der Waals surface area contributed by atoms with E-state index in [2.05, 4.69) is 22.3 Å². The number of anilines is 2. The molecule has 1 fully saturated rings. The van der Waals surface area contributed by atoms with Gasteiger partial charge in [-0.05, 0) is 62.3 Å². The minimum absolute atomic E-state index is 0.109. The van der Waals surface area contributed by atoms with Crippen LogP contribution >= 0.6 is 0 Å². The molecular weight excluding hydrogens is 389 g/mol. The van der Waals surface area contributed by atoms with Crippen molar-refractivity contribution in [3.8, 4) is 0 Å². The largest absolute Gasteiger partial charge is 0.398 e. The van der Waals surface area contributed by atoms with Gasteiger partial charge in [-0.15, -0.1) is 0 Å². The van der Waals surface area contributed by atoms with Gasteiger partial charge in [-0.3, -0.25) is 4.90 Å². The van der Waals surface area contributed by atoms with Crippen LogP contribution in [-0.2, 0) is 19.4 Å². The number of nitrogens with two attached hydrogens (primary N) is 1. The normalized spacial score (nSPS) is 19.6. The number of hydrogen-bond donors (Lipinski definition) is 3. The summed E-state index contributed by atoms with van der Waals surface area (Å²) in [7, 11) is 0. The first-order chi connectivity index (χ1) is 15.1. The lowest BCUT2D eigenvalue weighted by Gasteiger charge is -2.20. The highest BCUT2D eigenvalue weighted by Crippen LogP contribution is 2.28. The summed E-state index contributed by atoms with van der Waals surface area (Å²) in [6.07, 6.45) is 7.17. The Morgan fingerprint density at radius 2 is 2.19 bits per heavy atom. The highest BCUT2D eigenvalue weighted by Gasteiger charge is 2.29. The predicted octanol–water partition coefficient (Wildman–Crippen LogP) is 4.59. The first kappa shape index (κ1) is 21.8. The second-order valence-electron chi connectivity index (χ2n) is 8.95. The number of rotatable bonds is 9. The monoisotopic (exact) mass is 423 g/mol. The molecule has 31 heavy (non-hydrogen) atoms. The van der Waals surface area contributed by atoms with Crippen molar-refractivity contribution in [2.45, 2.75) is 57.7 Å². The molecule has 0 amide bonds. The molecule has 4 rings (SSSR count). The lowest BCUT2D eigenvalue weighted by atomic mass is 9.97. The molecule has 5 nitrogen and oxygen atoms in total. The van der Waals surface area contributed by atoms with Gasteiger partial charge in [-0.25, -0.2) is 9.37 Å². The van der Waals surface area contributed by atoms with Gasteiger partial charge < -0.3 is 16.5 Å². The van der Waals surface area contributed by atoms with Gasteiger partial charge in [0.25, 0.3) is 0 Å². The molecule has 0 saturated carbocycles. The van der Waals surface area contributed by atoms with Crippen molar-refractivity contribution in [3.63, 3.8) is 0 Å². The third kappa shape index (κ3) is 5.42. The van der Waals surface area contributed by atoms with Crippen LogP contribution in [0.25, 0.3) is 0 Å². The fourth-order valence-electron chi connectivity index (χ4n) is 4.83. The van der Waals surface area contributed by atoms with Crippen molar-refractivity contribution < 1.29 is 4.39 Å². The summed E-state index contributed by atoms with van der Waals surface area (Å²) in [5, 5.41) is 10.8. The van der Waals surface area contributed by atoms with Crippen LogP contribution in [0.4, 0.5) is 15.9 Å². The van der Waals surface area contributed by atoms with E-state index in [4.69, 9.17) is 16.1 Å². The van der Waals surface area contributed by atoms with Crippen LogP contribution in [0.1, 0.15) is 54.5 Å². The maximum atomic E-state index is 14.9. The van der Waals surface area contributed by atoms with Crippen molar-refractivity contribution in [3.05, 3.63) is 52.7 Å². The number of aromatic nitrogens is 1. The Balaban J connectivity index is 1.19. The minimum Gasteiger partial charge on any atom is -0.398 e. The fraction of sp³-hybridized carbons (Fsp3) is 0.520. The van der Waals surface area contributed by atoms with E-state index in [-0.39, 0.29) is 5.92 Å². The van der Waals surface area contributed by atoms with E-state index in [0.29, 0.717) is 12.1 Å². The topological polar surface area (TPSA) is 78.0 Å². The number of benzene rings is 1. The number of likely N-dealkylation sites (tertiary alicyclic amines) is 1. The Bertz CT molecular complexity index is 899. The molecule has 2 unspecified atom stereocenters. The van der Waals surface area contributed by atoms with Gasteiger partial charge in [0, 0.05) is 48.7 Å². The Labute approximate surface area is 184 Å². The number of fused-ring (bicyclic) bond motifs is 1. The number of hydrogen-bond acceptors (Lipinski definition) is 5. The maximum absolute atomic E-state index is 14.9. The van der Waals surface area contributed by atoms with E-state index in [0.717, 1.165) is 80.9 Å². The molecular formula is C25H34FN5. The number of pyridine rings is 1. The Kier molecular flexibility index (Phi) is 7.17. The van der Waals surface area contributed by atoms with Gasteiger partial charge in [0.2, 0.25) is 0 Å². The molecule has 2 aliphatic rings. The van der Waals surface area contributed by atoms with Crippen LogP contribution in [-0.4, -0.2) is 41.9 Å². The zero-order chi connectivity index (χ0) is 21.6. The van der Waals surface area contributed by atoms with Crippen molar-refractivity contribution in [2.24, 2.45) is 5.92 Å². The van der Waals surface area contributed by atoms with Crippen LogP contribution in [0.2, 0.25) is 0 Å². The van der Waals surface area contributed by atoms with Crippen LogP contribution in [0, 0.1) is 11.3 Å². The van der Waals surface area contributed by atoms with Crippen LogP contribution < -0.4 is 11.1 Å². The van der Waals surface area contributed by atoms with E-state index < -0.39 is 6.17 Å². The summed E-state index contributed by atoms with van der Waals surface area (Å²) in [6, 6.07) is 10.1. The second kappa shape index (κ2) is 10.2. The molecule has 166 valence electrons. The van der Waals surface area contributed by atoms with Crippen LogP contribution in [0.5, 0.6) is 0 Å². The third-order valence-corrected chi connectivity index (χ3v) is 6.71. The number of unbranched alkanes of at least 4 members (excludes halogenated alkanes) is 1. The Hall–Kier alpha value is -2.47. The molecule has 1 aromatic carbocycles. The number of nitrogens with zero attached hydrogens (tertiary/aromatic N) is 2. The second-order valence-corrected chi connectivity index (χ2v) is 8.95. The number of alkyl halides is 1. The number of nitrogens with one attached hydrogen (secondary N) is 2. The van der Waals surface area contributed by atoms with Crippen molar-refractivity contribution in [1.82, 2.24) is 9.88 Å². The SMILES string of the molecule is N=Cc1cccc(CN2CCC(C(F)CCCCc3ccc4c(n3)NCCC4)C2)c1N. The number of aryl methyl sites for hydroxylation is 2. The molecule has 2 atom stereocenters.